The minimum absolute atomic E-state index is 0.0119. The summed E-state index contributed by atoms with van der Waals surface area (Å²) in [5, 5.41) is 11.5. The van der Waals surface area contributed by atoms with Crippen LogP contribution < -0.4 is 0 Å². The molecule has 1 N–H and O–H groups in total. The molecule has 206 valence electrons. The van der Waals surface area contributed by atoms with Crippen molar-refractivity contribution in [3.8, 4) is 0 Å². The Hall–Kier alpha value is -2.17. The number of carbonyl (C=O) groups excluding carboxylic acids is 3. The van der Waals surface area contributed by atoms with E-state index in [-0.39, 0.29) is 56.2 Å². The molecule has 10 nitrogen and oxygen atoms in total. The third kappa shape index (κ3) is 3.89. The average molecular weight is 523 g/mol. The minimum Gasteiger partial charge on any atom is -0.472 e. The number of carbonyl (C=O) groups is 3. The number of ether oxygens (including phenoxy) is 6. The standard InChI is InChI=1S/C27H38O10/c1-6-22(31)37-23-18(30)11-19-25(5,20-10-17-7-8-32-24(17)36-20)14(2)9-21(35-16(4)29)26(19,12-33-15(3)28)27(23)13-34-27/h7-8,14,17-21,23-24,30H,6,9-13H2,1-5H3. The van der Waals surface area contributed by atoms with Crippen molar-refractivity contribution in [2.45, 2.75) is 96.6 Å². The third-order valence-corrected chi connectivity index (χ3v) is 9.84. The number of hydrogen-bond acceptors (Lipinski definition) is 10. The molecular formula is C27H38O10. The van der Waals surface area contributed by atoms with Crippen molar-refractivity contribution >= 4 is 17.9 Å². The molecule has 2 saturated carbocycles. The van der Waals surface area contributed by atoms with E-state index in [9.17, 15) is 19.5 Å². The highest BCUT2D eigenvalue weighted by Gasteiger charge is 2.81. The average Bonchev–Trinajstić information content (AvgIpc) is 3.32. The molecule has 0 bridgehead atoms. The number of aliphatic hydroxyl groups excluding tert-OH is 1. The van der Waals surface area contributed by atoms with Crippen LogP contribution in [0.3, 0.4) is 0 Å². The van der Waals surface area contributed by atoms with E-state index in [1.165, 1.54) is 13.8 Å². The first-order valence-corrected chi connectivity index (χ1v) is 13.3. The van der Waals surface area contributed by atoms with E-state index in [0.29, 0.717) is 6.42 Å². The second kappa shape index (κ2) is 9.24. The summed E-state index contributed by atoms with van der Waals surface area (Å²) >= 11 is 0. The van der Waals surface area contributed by atoms with E-state index in [1.807, 2.05) is 6.08 Å². The van der Waals surface area contributed by atoms with Crippen LogP contribution in [0.25, 0.3) is 0 Å². The zero-order valence-electron chi connectivity index (χ0n) is 22.1. The molecular weight excluding hydrogens is 484 g/mol. The van der Waals surface area contributed by atoms with Gasteiger partial charge >= 0.3 is 17.9 Å². The van der Waals surface area contributed by atoms with Gasteiger partial charge in [0, 0.05) is 31.6 Å². The van der Waals surface area contributed by atoms with Crippen molar-refractivity contribution in [3.63, 3.8) is 0 Å². The van der Waals surface area contributed by atoms with Gasteiger partial charge in [0.2, 0.25) is 6.29 Å². The molecule has 5 rings (SSSR count). The molecule has 0 aromatic heterocycles. The van der Waals surface area contributed by atoms with E-state index in [2.05, 4.69) is 13.8 Å². The first-order chi connectivity index (χ1) is 17.5. The normalized spacial score (nSPS) is 47.5. The van der Waals surface area contributed by atoms with E-state index < -0.39 is 52.7 Å². The van der Waals surface area contributed by atoms with Gasteiger partial charge in [0.25, 0.3) is 0 Å². The van der Waals surface area contributed by atoms with Crippen LogP contribution in [0.2, 0.25) is 0 Å². The van der Waals surface area contributed by atoms with Gasteiger partial charge in [0.05, 0.1) is 30.5 Å². The molecule has 11 unspecified atom stereocenters. The van der Waals surface area contributed by atoms with Crippen molar-refractivity contribution in [2.75, 3.05) is 13.2 Å². The Morgan fingerprint density at radius 1 is 1.11 bits per heavy atom. The van der Waals surface area contributed by atoms with Crippen LogP contribution in [-0.2, 0) is 42.8 Å². The molecule has 0 radical (unpaired) electrons. The Labute approximate surface area is 216 Å². The minimum atomic E-state index is -1.18. The molecule has 37 heavy (non-hydrogen) atoms. The molecule has 2 saturated heterocycles. The summed E-state index contributed by atoms with van der Waals surface area (Å²) < 4.78 is 35.7. The van der Waals surface area contributed by atoms with Gasteiger partial charge in [-0.3, -0.25) is 14.4 Å². The van der Waals surface area contributed by atoms with Crippen molar-refractivity contribution in [1.82, 2.24) is 0 Å². The zero-order valence-corrected chi connectivity index (χ0v) is 22.1. The monoisotopic (exact) mass is 522 g/mol. The third-order valence-electron chi connectivity index (χ3n) is 9.84. The smallest absolute Gasteiger partial charge is 0.305 e. The van der Waals surface area contributed by atoms with E-state index in [4.69, 9.17) is 28.4 Å². The van der Waals surface area contributed by atoms with Crippen LogP contribution in [0, 0.1) is 28.6 Å². The predicted molar refractivity (Wildman–Crippen MR) is 126 cm³/mol. The quantitative estimate of drug-likeness (QED) is 0.315. The van der Waals surface area contributed by atoms with Gasteiger partial charge in [-0.15, -0.1) is 0 Å². The lowest BCUT2D eigenvalue weighted by molar-refractivity contribution is -0.283. The number of aliphatic hydroxyl groups is 1. The summed E-state index contributed by atoms with van der Waals surface area (Å²) in [6, 6.07) is 0. The van der Waals surface area contributed by atoms with Crippen LogP contribution in [0.1, 0.15) is 60.3 Å². The predicted octanol–water partition coefficient (Wildman–Crippen LogP) is 2.26. The number of esters is 3. The molecule has 0 aromatic rings. The lowest BCUT2D eigenvalue weighted by atomic mass is 9.41. The van der Waals surface area contributed by atoms with Crippen LogP contribution in [0.4, 0.5) is 0 Å². The highest BCUT2D eigenvalue weighted by atomic mass is 16.7. The topological polar surface area (TPSA) is 130 Å². The fraction of sp³-hybridized carbons (Fsp3) is 0.815. The Morgan fingerprint density at radius 3 is 2.43 bits per heavy atom. The molecule has 2 aliphatic carbocycles. The number of rotatable bonds is 6. The fourth-order valence-electron chi connectivity index (χ4n) is 7.83. The van der Waals surface area contributed by atoms with Gasteiger partial charge < -0.3 is 33.5 Å². The molecule has 10 heteroatoms. The molecule has 1 spiro atoms. The molecule has 5 aliphatic rings. The highest BCUT2D eigenvalue weighted by Crippen LogP contribution is 2.70. The Balaban J connectivity index is 1.64. The first-order valence-electron chi connectivity index (χ1n) is 13.3. The van der Waals surface area contributed by atoms with Crippen LogP contribution >= 0.6 is 0 Å². The van der Waals surface area contributed by atoms with Crippen LogP contribution in [-0.4, -0.2) is 72.5 Å². The van der Waals surface area contributed by atoms with E-state index >= 15 is 0 Å². The second-order valence-corrected chi connectivity index (χ2v) is 11.6. The molecule has 3 aliphatic heterocycles. The molecule has 3 heterocycles. The van der Waals surface area contributed by atoms with Crippen molar-refractivity contribution in [2.24, 2.45) is 28.6 Å². The van der Waals surface area contributed by atoms with Crippen molar-refractivity contribution < 1.29 is 47.9 Å². The largest absolute Gasteiger partial charge is 0.472 e. The van der Waals surface area contributed by atoms with Gasteiger partial charge in [0.1, 0.15) is 18.3 Å². The van der Waals surface area contributed by atoms with Gasteiger partial charge in [-0.2, -0.15) is 0 Å². The maximum atomic E-state index is 12.4. The fourth-order valence-corrected chi connectivity index (χ4v) is 7.83. The zero-order chi connectivity index (χ0) is 26.8. The highest BCUT2D eigenvalue weighted by molar-refractivity contribution is 5.69. The Bertz CT molecular complexity index is 974. The first kappa shape index (κ1) is 26.4. The number of fused-ring (bicyclic) bond motifs is 3. The summed E-state index contributed by atoms with van der Waals surface area (Å²) in [5.41, 5.74) is -2.78. The maximum absolute atomic E-state index is 12.4. The van der Waals surface area contributed by atoms with Gasteiger partial charge in [0.15, 0.2) is 6.10 Å². The summed E-state index contributed by atoms with van der Waals surface area (Å²) in [4.78, 5) is 36.9. The SMILES string of the molecule is CCC(=O)OC1C(O)CC2C(C)(C3CC4C=COC4O3)C(C)CC(OC(C)=O)C2(COC(C)=O)C12CO2. The Kier molecular flexibility index (Phi) is 6.60. The molecule has 11 atom stereocenters. The van der Waals surface area contributed by atoms with Crippen molar-refractivity contribution in [1.29, 1.82) is 0 Å². The number of epoxide rings is 1. The summed E-state index contributed by atoms with van der Waals surface area (Å²) in [6.07, 6.45) is 1.97. The number of hydrogen-bond donors (Lipinski definition) is 1. The van der Waals surface area contributed by atoms with Crippen LogP contribution in [0.5, 0.6) is 0 Å². The van der Waals surface area contributed by atoms with Gasteiger partial charge in [-0.25, -0.2) is 0 Å². The second-order valence-electron chi connectivity index (χ2n) is 11.6. The maximum Gasteiger partial charge on any atom is 0.305 e. The van der Waals surface area contributed by atoms with E-state index in [1.54, 1.807) is 13.2 Å². The lowest BCUT2D eigenvalue weighted by Gasteiger charge is -2.65. The molecule has 0 amide bonds. The summed E-state index contributed by atoms with van der Waals surface area (Å²) in [5.74, 6) is -1.62. The lowest BCUT2D eigenvalue weighted by Crippen LogP contribution is -2.74. The Morgan fingerprint density at radius 2 is 1.84 bits per heavy atom. The van der Waals surface area contributed by atoms with Crippen LogP contribution in [0.15, 0.2) is 12.3 Å². The summed E-state index contributed by atoms with van der Waals surface area (Å²) in [7, 11) is 0. The van der Waals surface area contributed by atoms with Crippen molar-refractivity contribution in [3.05, 3.63) is 12.3 Å². The van der Waals surface area contributed by atoms with Gasteiger partial charge in [-0.05, 0) is 37.2 Å². The van der Waals surface area contributed by atoms with Gasteiger partial charge in [-0.1, -0.05) is 20.8 Å². The molecule has 4 fully saturated rings. The summed E-state index contributed by atoms with van der Waals surface area (Å²) in [6.45, 7) is 8.69. The van der Waals surface area contributed by atoms with E-state index in [0.717, 1.165) is 6.42 Å². The molecule has 0 aromatic carbocycles.